The van der Waals surface area contributed by atoms with Gasteiger partial charge < -0.3 is 15.7 Å². The molecule has 8 nitrogen and oxygen atoms in total. The minimum Gasteiger partial charge on any atom is -0.395 e. The van der Waals surface area contributed by atoms with Crippen molar-refractivity contribution in [3.05, 3.63) is 0 Å². The SMILES string of the molecule is CNC(=O)C(CCS)NC(=O)CNC(C=O)(CS)NCCO. The standard InChI is InChI=1S/C12H24N4O4S2/c1-13-11(20)9(2-5-21)16-10(19)6-15-12(7-18,8-22)14-3-4-17/h7,9,14-15,17,21-22H,2-6,8H2,1H3,(H,13,20)(H,16,19). The van der Waals surface area contributed by atoms with Gasteiger partial charge in [0.15, 0.2) is 6.29 Å². The number of carbonyl (C=O) groups excluding carboxylic acids is 3. The van der Waals surface area contributed by atoms with Gasteiger partial charge in [0, 0.05) is 19.3 Å². The van der Waals surface area contributed by atoms with E-state index in [9.17, 15) is 14.4 Å². The van der Waals surface area contributed by atoms with E-state index in [-0.39, 0.29) is 31.4 Å². The van der Waals surface area contributed by atoms with E-state index in [0.29, 0.717) is 18.5 Å². The highest BCUT2D eigenvalue weighted by atomic mass is 32.1. The lowest BCUT2D eigenvalue weighted by Gasteiger charge is -2.28. The number of aliphatic hydroxyl groups is 1. The number of amides is 2. The van der Waals surface area contributed by atoms with Gasteiger partial charge in [0.1, 0.15) is 11.7 Å². The number of carbonyl (C=O) groups is 3. The van der Waals surface area contributed by atoms with Gasteiger partial charge >= 0.3 is 0 Å². The first-order chi connectivity index (χ1) is 10.5. The summed E-state index contributed by atoms with van der Waals surface area (Å²) in [4.78, 5) is 34.7. The van der Waals surface area contributed by atoms with E-state index >= 15 is 0 Å². The first kappa shape index (κ1) is 21.2. The second-order valence-electron chi connectivity index (χ2n) is 4.50. The second kappa shape index (κ2) is 11.7. The van der Waals surface area contributed by atoms with Crippen LogP contribution in [0.15, 0.2) is 0 Å². The summed E-state index contributed by atoms with van der Waals surface area (Å²) in [6.45, 7) is -0.163. The fraction of sp³-hybridized carbons (Fsp3) is 0.750. The predicted octanol–water partition coefficient (Wildman–Crippen LogP) is -2.47. The molecule has 2 amide bonds. The molecule has 0 aliphatic heterocycles. The molecule has 128 valence electrons. The van der Waals surface area contributed by atoms with Crippen molar-refractivity contribution in [3.63, 3.8) is 0 Å². The lowest BCUT2D eigenvalue weighted by molar-refractivity contribution is -0.128. The highest BCUT2D eigenvalue weighted by Gasteiger charge is 2.28. The molecule has 0 bridgehead atoms. The normalized spacial score (nSPS) is 14.7. The summed E-state index contributed by atoms with van der Waals surface area (Å²) in [7, 11) is 1.48. The van der Waals surface area contributed by atoms with E-state index in [4.69, 9.17) is 5.11 Å². The molecule has 0 heterocycles. The fourth-order valence-electron chi connectivity index (χ4n) is 1.63. The highest BCUT2D eigenvalue weighted by Crippen LogP contribution is 1.99. The minimum absolute atomic E-state index is 0.0965. The molecule has 0 aromatic heterocycles. The van der Waals surface area contributed by atoms with Gasteiger partial charge in [-0.15, -0.1) is 0 Å². The largest absolute Gasteiger partial charge is 0.395 e. The summed E-state index contributed by atoms with van der Waals surface area (Å²) in [6, 6.07) is -0.677. The van der Waals surface area contributed by atoms with Gasteiger partial charge in [-0.05, 0) is 12.2 Å². The first-order valence-corrected chi connectivity index (χ1v) is 8.05. The summed E-state index contributed by atoms with van der Waals surface area (Å²) < 4.78 is 0. The molecule has 0 radical (unpaired) electrons. The predicted molar refractivity (Wildman–Crippen MR) is 90.2 cm³/mol. The molecule has 0 spiro atoms. The van der Waals surface area contributed by atoms with Crippen molar-refractivity contribution in [2.45, 2.75) is 18.1 Å². The number of aliphatic hydroxyl groups excluding tert-OH is 1. The van der Waals surface area contributed by atoms with Crippen LogP contribution in [0.2, 0.25) is 0 Å². The van der Waals surface area contributed by atoms with Gasteiger partial charge in [0.2, 0.25) is 11.8 Å². The summed E-state index contributed by atoms with van der Waals surface area (Å²) in [5, 5.41) is 19.3. The van der Waals surface area contributed by atoms with Crippen LogP contribution in [0.5, 0.6) is 0 Å². The molecular weight excluding hydrogens is 328 g/mol. The van der Waals surface area contributed by atoms with Crippen molar-refractivity contribution in [2.24, 2.45) is 0 Å². The maximum absolute atomic E-state index is 11.9. The quantitative estimate of drug-likeness (QED) is 0.119. The van der Waals surface area contributed by atoms with Gasteiger partial charge in [0.05, 0.1) is 13.2 Å². The topological polar surface area (TPSA) is 120 Å². The Labute approximate surface area is 141 Å². The zero-order valence-electron chi connectivity index (χ0n) is 12.5. The van der Waals surface area contributed by atoms with Crippen LogP contribution < -0.4 is 21.3 Å². The molecule has 0 aromatic carbocycles. The van der Waals surface area contributed by atoms with E-state index in [1.165, 1.54) is 7.05 Å². The van der Waals surface area contributed by atoms with Crippen molar-refractivity contribution in [2.75, 3.05) is 38.2 Å². The van der Waals surface area contributed by atoms with Crippen LogP contribution in [0.1, 0.15) is 6.42 Å². The third-order valence-corrected chi connectivity index (χ3v) is 3.64. The van der Waals surface area contributed by atoms with Crippen molar-refractivity contribution in [1.82, 2.24) is 21.3 Å². The Kier molecular flexibility index (Phi) is 11.3. The van der Waals surface area contributed by atoms with E-state index < -0.39 is 17.6 Å². The maximum Gasteiger partial charge on any atom is 0.242 e. The molecule has 0 aromatic rings. The molecule has 0 aliphatic carbocycles. The van der Waals surface area contributed by atoms with Gasteiger partial charge in [0.25, 0.3) is 0 Å². The molecular formula is C12H24N4O4S2. The summed E-state index contributed by atoms with van der Waals surface area (Å²) in [5.41, 5.74) is -1.21. The lowest BCUT2D eigenvalue weighted by Crippen LogP contribution is -2.62. The molecule has 0 rings (SSSR count). The van der Waals surface area contributed by atoms with Crippen molar-refractivity contribution < 1.29 is 19.5 Å². The molecule has 0 fully saturated rings. The Morgan fingerprint density at radius 3 is 2.45 bits per heavy atom. The maximum atomic E-state index is 11.9. The van der Waals surface area contributed by atoms with Gasteiger partial charge in [-0.3, -0.25) is 25.0 Å². The van der Waals surface area contributed by atoms with E-state index in [1.807, 2.05) is 0 Å². The van der Waals surface area contributed by atoms with Crippen LogP contribution in [0.3, 0.4) is 0 Å². The van der Waals surface area contributed by atoms with Gasteiger partial charge in [-0.1, -0.05) is 0 Å². The van der Waals surface area contributed by atoms with Crippen molar-refractivity contribution >= 4 is 43.4 Å². The van der Waals surface area contributed by atoms with Crippen LogP contribution in [-0.2, 0) is 14.4 Å². The molecule has 0 saturated carbocycles. The number of nitrogens with one attached hydrogen (secondary N) is 4. The lowest BCUT2D eigenvalue weighted by atomic mass is 10.2. The van der Waals surface area contributed by atoms with E-state index in [1.54, 1.807) is 0 Å². The van der Waals surface area contributed by atoms with Crippen molar-refractivity contribution in [3.8, 4) is 0 Å². The Morgan fingerprint density at radius 2 is 2.00 bits per heavy atom. The van der Waals surface area contributed by atoms with Crippen LogP contribution in [-0.4, -0.2) is 73.2 Å². The van der Waals surface area contributed by atoms with Crippen LogP contribution >= 0.6 is 25.3 Å². The Bertz CT molecular complexity index is 373. The highest BCUT2D eigenvalue weighted by molar-refractivity contribution is 7.80. The van der Waals surface area contributed by atoms with Gasteiger partial charge in [-0.25, -0.2) is 0 Å². The Balaban J connectivity index is 4.55. The fourth-order valence-corrected chi connectivity index (χ4v) is 2.19. The smallest absolute Gasteiger partial charge is 0.242 e. The number of thiol groups is 2. The summed E-state index contributed by atoms with van der Waals surface area (Å²) in [6.07, 6.45) is 0.982. The van der Waals surface area contributed by atoms with Crippen LogP contribution in [0.25, 0.3) is 0 Å². The number of hydrogen-bond acceptors (Lipinski definition) is 8. The average Bonchev–Trinajstić information content (AvgIpc) is 2.54. The molecule has 2 atom stereocenters. The molecule has 10 heteroatoms. The number of likely N-dealkylation sites (N-methyl/N-ethyl adjacent to an activating group) is 1. The average molecular weight is 352 g/mol. The number of aldehydes is 1. The Hall–Kier alpha value is -0.810. The molecule has 0 saturated heterocycles. The molecule has 22 heavy (non-hydrogen) atoms. The summed E-state index contributed by atoms with van der Waals surface area (Å²) >= 11 is 8.11. The van der Waals surface area contributed by atoms with Crippen molar-refractivity contribution in [1.29, 1.82) is 0 Å². The number of hydrogen-bond donors (Lipinski definition) is 7. The zero-order chi connectivity index (χ0) is 17.0. The van der Waals surface area contributed by atoms with E-state index in [0.717, 1.165) is 0 Å². The first-order valence-electron chi connectivity index (χ1n) is 6.78. The monoisotopic (exact) mass is 352 g/mol. The molecule has 0 aliphatic rings. The third kappa shape index (κ3) is 7.45. The molecule has 5 N–H and O–H groups in total. The Morgan fingerprint density at radius 1 is 1.32 bits per heavy atom. The van der Waals surface area contributed by atoms with Gasteiger partial charge in [-0.2, -0.15) is 25.3 Å². The number of rotatable bonds is 12. The van der Waals surface area contributed by atoms with E-state index in [2.05, 4.69) is 46.5 Å². The summed E-state index contributed by atoms with van der Waals surface area (Å²) in [5.74, 6) is -0.205. The molecule has 2 unspecified atom stereocenters. The second-order valence-corrected chi connectivity index (χ2v) is 5.26. The zero-order valence-corrected chi connectivity index (χ0v) is 14.3. The third-order valence-electron chi connectivity index (χ3n) is 2.88. The van der Waals surface area contributed by atoms with Crippen LogP contribution in [0, 0.1) is 0 Å². The minimum atomic E-state index is -1.21. The van der Waals surface area contributed by atoms with Crippen LogP contribution in [0.4, 0.5) is 0 Å².